The van der Waals surface area contributed by atoms with Crippen molar-refractivity contribution in [2.45, 2.75) is 12.5 Å². The van der Waals surface area contributed by atoms with Gasteiger partial charge in [-0.1, -0.05) is 0 Å². The highest BCUT2D eigenvalue weighted by Gasteiger charge is 2.18. The van der Waals surface area contributed by atoms with Crippen LogP contribution in [0.3, 0.4) is 0 Å². The smallest absolute Gasteiger partial charge is 0.321 e. The summed E-state index contributed by atoms with van der Waals surface area (Å²) in [5.74, 6) is -1.45. The first kappa shape index (κ1) is 11.2. The molecule has 0 aromatic heterocycles. The fraction of sp³-hybridized carbons (Fsp3) is 0.667. The third kappa shape index (κ3) is 4.92. The highest BCUT2D eigenvalue weighted by molar-refractivity contribution is 6.18. The molecule has 0 bridgehead atoms. The van der Waals surface area contributed by atoms with E-state index in [-0.39, 0.29) is 6.42 Å². The summed E-state index contributed by atoms with van der Waals surface area (Å²) >= 11 is 5.32. The van der Waals surface area contributed by atoms with Crippen LogP contribution in [0.1, 0.15) is 6.42 Å². The Morgan fingerprint density at radius 3 is 2.50 bits per heavy atom. The van der Waals surface area contributed by atoms with Gasteiger partial charge < -0.3 is 16.2 Å². The fourth-order valence-electron chi connectivity index (χ4n) is 0.677. The molecule has 0 heterocycles. The van der Waals surface area contributed by atoms with E-state index in [1.807, 2.05) is 0 Å². The minimum absolute atomic E-state index is 0.216. The number of aliphatic carboxylic acids is 1. The second-order valence-corrected chi connectivity index (χ2v) is 2.58. The van der Waals surface area contributed by atoms with E-state index in [4.69, 9.17) is 22.4 Å². The molecule has 4 N–H and O–H groups in total. The van der Waals surface area contributed by atoms with E-state index in [9.17, 15) is 9.59 Å². The minimum Gasteiger partial charge on any atom is -0.480 e. The Bertz CT molecular complexity index is 174. The first-order valence-corrected chi connectivity index (χ1v) is 3.92. The van der Waals surface area contributed by atoms with Crippen LogP contribution in [0.2, 0.25) is 0 Å². The molecule has 0 rings (SSSR count). The molecule has 0 aromatic rings. The molecule has 1 amide bonds. The molecule has 0 saturated heterocycles. The first-order valence-electron chi connectivity index (χ1n) is 3.38. The fourth-order valence-corrected chi connectivity index (χ4v) is 0.786. The highest BCUT2D eigenvalue weighted by atomic mass is 35.5. The van der Waals surface area contributed by atoms with Crippen molar-refractivity contribution in [1.29, 1.82) is 0 Å². The maximum absolute atomic E-state index is 10.4. The van der Waals surface area contributed by atoms with Gasteiger partial charge in [-0.05, 0) is 0 Å². The summed E-state index contributed by atoms with van der Waals surface area (Å²) in [4.78, 5) is 20.8. The molecule has 6 heteroatoms. The summed E-state index contributed by atoms with van der Waals surface area (Å²) in [6.07, 6.45) is -0.216. The molecule has 1 atom stereocenters. The molecule has 12 heavy (non-hydrogen) atoms. The molecular weight excluding hydrogens is 184 g/mol. The Balaban J connectivity index is 3.87. The number of carbonyl (C=O) groups is 2. The molecule has 5 nitrogen and oxygen atoms in total. The number of amides is 1. The average Bonchev–Trinajstić information content (AvgIpc) is 1.96. The van der Waals surface area contributed by atoms with E-state index >= 15 is 0 Å². The van der Waals surface area contributed by atoms with Crippen LogP contribution in [0.4, 0.5) is 0 Å². The van der Waals surface area contributed by atoms with E-state index in [2.05, 4.69) is 5.32 Å². The lowest BCUT2D eigenvalue weighted by Crippen LogP contribution is -2.40. The molecule has 0 aromatic carbocycles. The summed E-state index contributed by atoms with van der Waals surface area (Å²) < 4.78 is 0. The van der Waals surface area contributed by atoms with Crippen molar-refractivity contribution in [3.05, 3.63) is 0 Å². The normalized spacial score (nSPS) is 12.4. The Labute approximate surface area is 74.9 Å². The number of hydrogen-bond acceptors (Lipinski definition) is 3. The van der Waals surface area contributed by atoms with Crippen molar-refractivity contribution < 1.29 is 14.7 Å². The van der Waals surface area contributed by atoms with Crippen molar-refractivity contribution in [2.24, 2.45) is 5.73 Å². The van der Waals surface area contributed by atoms with Crippen molar-refractivity contribution in [2.75, 3.05) is 12.4 Å². The molecule has 0 unspecified atom stereocenters. The number of carbonyl (C=O) groups excluding carboxylic acids is 1. The lowest BCUT2D eigenvalue weighted by molar-refractivity contribution is -0.141. The largest absolute Gasteiger partial charge is 0.480 e. The standard InChI is InChI=1S/C6H11ClN2O3/c7-1-2-9-4(6(11)12)3-5(8)10/h4,9H,1-3H2,(H2,8,10)(H,11,12)/t4-/m0/s1. The van der Waals surface area contributed by atoms with Crippen molar-refractivity contribution in [3.63, 3.8) is 0 Å². The molecule has 0 spiro atoms. The first-order chi connectivity index (χ1) is 5.57. The number of primary amides is 1. The molecule has 0 radical (unpaired) electrons. The SMILES string of the molecule is NC(=O)C[C@H](NCCCl)C(=O)O. The van der Waals surface area contributed by atoms with Crippen molar-refractivity contribution >= 4 is 23.5 Å². The topological polar surface area (TPSA) is 92.4 Å². The van der Waals surface area contributed by atoms with E-state index < -0.39 is 17.9 Å². The summed E-state index contributed by atoms with van der Waals surface area (Å²) in [5, 5.41) is 11.1. The zero-order chi connectivity index (χ0) is 9.56. The third-order valence-corrected chi connectivity index (χ3v) is 1.38. The van der Waals surface area contributed by atoms with Gasteiger partial charge in [0.25, 0.3) is 0 Å². The van der Waals surface area contributed by atoms with Gasteiger partial charge >= 0.3 is 5.97 Å². The zero-order valence-corrected chi connectivity index (χ0v) is 7.17. The van der Waals surface area contributed by atoms with Crippen LogP contribution in [0, 0.1) is 0 Å². The quantitative estimate of drug-likeness (QED) is 0.480. The number of rotatable bonds is 6. The summed E-state index contributed by atoms with van der Waals surface area (Å²) in [6.45, 7) is 0.339. The van der Waals surface area contributed by atoms with Crippen LogP contribution in [0.15, 0.2) is 0 Å². The Kier molecular flexibility index (Phi) is 5.40. The maximum Gasteiger partial charge on any atom is 0.321 e. The van der Waals surface area contributed by atoms with Crippen molar-refractivity contribution in [1.82, 2.24) is 5.32 Å². The van der Waals surface area contributed by atoms with Crippen LogP contribution in [0.5, 0.6) is 0 Å². The number of nitrogens with two attached hydrogens (primary N) is 1. The van der Waals surface area contributed by atoms with E-state index in [0.717, 1.165) is 0 Å². The highest BCUT2D eigenvalue weighted by Crippen LogP contribution is 1.91. The lowest BCUT2D eigenvalue weighted by atomic mass is 10.2. The van der Waals surface area contributed by atoms with Gasteiger partial charge in [0.05, 0.1) is 6.42 Å². The second-order valence-electron chi connectivity index (χ2n) is 2.20. The van der Waals surface area contributed by atoms with Crippen LogP contribution < -0.4 is 11.1 Å². The van der Waals surface area contributed by atoms with Crippen LogP contribution >= 0.6 is 11.6 Å². The zero-order valence-electron chi connectivity index (χ0n) is 6.42. The Hall–Kier alpha value is -0.810. The van der Waals surface area contributed by atoms with Gasteiger partial charge in [0.1, 0.15) is 6.04 Å². The molecular formula is C6H11ClN2O3. The molecule has 0 fully saturated rings. The molecule has 0 saturated carbocycles. The number of halogens is 1. The summed E-state index contributed by atoms with van der Waals surface area (Å²) in [7, 11) is 0. The predicted octanol–water partition coefficient (Wildman–Crippen LogP) is -0.857. The van der Waals surface area contributed by atoms with Gasteiger partial charge in [0.2, 0.25) is 5.91 Å². The van der Waals surface area contributed by atoms with Crippen molar-refractivity contribution in [3.8, 4) is 0 Å². The Morgan fingerprint density at radius 2 is 2.17 bits per heavy atom. The maximum atomic E-state index is 10.4. The van der Waals surface area contributed by atoms with Gasteiger partial charge in [0, 0.05) is 12.4 Å². The minimum atomic E-state index is -1.10. The molecule has 0 aliphatic carbocycles. The van der Waals surface area contributed by atoms with Gasteiger partial charge in [-0.15, -0.1) is 11.6 Å². The number of nitrogens with one attached hydrogen (secondary N) is 1. The lowest BCUT2D eigenvalue weighted by Gasteiger charge is -2.10. The van der Waals surface area contributed by atoms with Gasteiger partial charge in [-0.25, -0.2) is 0 Å². The number of alkyl halides is 1. The number of hydrogen-bond donors (Lipinski definition) is 3. The number of carboxylic acid groups (broad SMARTS) is 1. The monoisotopic (exact) mass is 194 g/mol. The average molecular weight is 195 g/mol. The van der Waals surface area contributed by atoms with Gasteiger partial charge in [0.15, 0.2) is 0 Å². The molecule has 0 aliphatic heterocycles. The van der Waals surface area contributed by atoms with E-state index in [1.54, 1.807) is 0 Å². The third-order valence-electron chi connectivity index (χ3n) is 1.19. The molecule has 70 valence electrons. The van der Waals surface area contributed by atoms with Gasteiger partial charge in [-0.2, -0.15) is 0 Å². The molecule has 0 aliphatic rings. The van der Waals surface area contributed by atoms with Gasteiger partial charge in [-0.3, -0.25) is 9.59 Å². The number of carboxylic acids is 1. The summed E-state index contributed by atoms with van der Waals surface area (Å²) in [5.41, 5.74) is 4.83. The van der Waals surface area contributed by atoms with Crippen LogP contribution in [-0.2, 0) is 9.59 Å². The Morgan fingerprint density at radius 1 is 1.58 bits per heavy atom. The summed E-state index contributed by atoms with van der Waals surface area (Å²) in [6, 6.07) is -0.929. The van der Waals surface area contributed by atoms with Crippen LogP contribution in [0.25, 0.3) is 0 Å². The van der Waals surface area contributed by atoms with E-state index in [1.165, 1.54) is 0 Å². The predicted molar refractivity (Wildman–Crippen MR) is 44.0 cm³/mol. The van der Waals surface area contributed by atoms with E-state index in [0.29, 0.717) is 12.4 Å². The van der Waals surface area contributed by atoms with Crippen LogP contribution in [-0.4, -0.2) is 35.4 Å². The second kappa shape index (κ2) is 5.79.